The first-order chi connectivity index (χ1) is 7.00. The summed E-state index contributed by atoms with van der Waals surface area (Å²) >= 11 is 10.6. The van der Waals surface area contributed by atoms with Gasteiger partial charge in [0.25, 0.3) is 11.6 Å². The molecule has 1 aromatic rings. The molecule has 1 rings (SSSR count). The molecule has 0 atom stereocenters. The third-order valence-electron chi connectivity index (χ3n) is 1.41. The maximum absolute atomic E-state index is 11.0. The Morgan fingerprint density at radius 1 is 1.53 bits per heavy atom. The summed E-state index contributed by atoms with van der Waals surface area (Å²) < 4.78 is 0. The van der Waals surface area contributed by atoms with Crippen LogP contribution < -0.4 is 5.32 Å². The maximum Gasteiger partial charge on any atom is 0.287 e. The van der Waals surface area contributed by atoms with Crippen LogP contribution in [0.15, 0.2) is 18.3 Å². The molecule has 1 N–H and O–H groups in total. The van der Waals surface area contributed by atoms with Crippen LogP contribution in [0, 0.1) is 10.1 Å². The number of nitrogens with one attached hydrogen (secondary N) is 1. The Balaban J connectivity index is 2.73. The minimum Gasteiger partial charge on any atom is -0.308 e. The molecule has 0 aliphatic carbocycles. The zero-order valence-electron chi connectivity index (χ0n) is 7.18. The minimum atomic E-state index is -1.21. The first kappa shape index (κ1) is 11.7. The second-order valence-electron chi connectivity index (χ2n) is 2.45. The van der Waals surface area contributed by atoms with E-state index in [9.17, 15) is 14.9 Å². The van der Waals surface area contributed by atoms with Crippen molar-refractivity contribution >= 4 is 40.6 Å². The summed E-state index contributed by atoms with van der Waals surface area (Å²) in [5.41, 5.74) is -0.165. The van der Waals surface area contributed by atoms with E-state index in [-0.39, 0.29) is 11.5 Å². The zero-order valence-corrected chi connectivity index (χ0v) is 8.70. The monoisotopic (exact) mass is 249 g/mol. The van der Waals surface area contributed by atoms with Crippen LogP contribution in [0.25, 0.3) is 0 Å². The predicted octanol–water partition coefficient (Wildman–Crippen LogP) is 1.73. The predicted molar refractivity (Wildman–Crippen MR) is 55.0 cm³/mol. The topological polar surface area (TPSA) is 85.1 Å². The number of halogens is 2. The number of pyridine rings is 1. The third-order valence-corrected chi connectivity index (χ3v) is 1.80. The number of anilines is 1. The molecule has 0 radical (unpaired) electrons. The molecule has 0 fully saturated rings. The zero-order chi connectivity index (χ0) is 11.4. The first-order valence-electron chi connectivity index (χ1n) is 3.70. The van der Waals surface area contributed by atoms with Crippen LogP contribution in [0.4, 0.5) is 11.5 Å². The van der Waals surface area contributed by atoms with Gasteiger partial charge in [0.2, 0.25) is 0 Å². The van der Waals surface area contributed by atoms with Gasteiger partial charge >= 0.3 is 0 Å². The van der Waals surface area contributed by atoms with Crippen LogP contribution in [0.5, 0.6) is 0 Å². The number of carbonyl (C=O) groups excluding carboxylic acids is 1. The number of hydrogen-bond donors (Lipinski definition) is 1. The van der Waals surface area contributed by atoms with E-state index in [1.807, 2.05) is 0 Å². The van der Waals surface area contributed by atoms with Gasteiger partial charge in [0.15, 0.2) is 4.84 Å². The molecular weight excluding hydrogens is 245 g/mol. The fraction of sp³-hybridized carbons (Fsp3) is 0.143. The van der Waals surface area contributed by atoms with Gasteiger partial charge in [-0.1, -0.05) is 23.2 Å². The Bertz CT molecular complexity index is 380. The molecule has 0 bridgehead atoms. The molecule has 0 saturated carbocycles. The SMILES string of the molecule is O=C(Nc1ccc([N+](=O)[O-])cn1)C(Cl)Cl. The molecule has 0 aromatic carbocycles. The van der Waals surface area contributed by atoms with Crippen molar-refractivity contribution in [1.82, 2.24) is 4.98 Å². The lowest BCUT2D eigenvalue weighted by molar-refractivity contribution is -0.385. The highest BCUT2D eigenvalue weighted by atomic mass is 35.5. The van der Waals surface area contributed by atoms with Crippen molar-refractivity contribution in [2.24, 2.45) is 0 Å². The standard InChI is InChI=1S/C7H5Cl2N3O3/c8-6(9)7(13)11-5-2-1-4(3-10-5)12(14)15/h1-3,6H,(H,10,11,13). The quantitative estimate of drug-likeness (QED) is 0.502. The highest BCUT2D eigenvalue weighted by Crippen LogP contribution is 2.13. The number of nitro groups is 1. The van der Waals surface area contributed by atoms with Crippen molar-refractivity contribution in [1.29, 1.82) is 0 Å². The van der Waals surface area contributed by atoms with E-state index in [2.05, 4.69) is 10.3 Å². The lowest BCUT2D eigenvalue weighted by Gasteiger charge is -2.03. The summed E-state index contributed by atoms with van der Waals surface area (Å²) in [4.78, 5) is 23.1. The molecule has 6 nitrogen and oxygen atoms in total. The van der Waals surface area contributed by atoms with Crippen molar-refractivity contribution in [3.63, 3.8) is 0 Å². The summed E-state index contributed by atoms with van der Waals surface area (Å²) in [6, 6.07) is 2.49. The van der Waals surface area contributed by atoms with E-state index in [1.165, 1.54) is 12.1 Å². The van der Waals surface area contributed by atoms with Gasteiger partial charge in [-0.2, -0.15) is 0 Å². The van der Waals surface area contributed by atoms with Crippen LogP contribution in [0.1, 0.15) is 0 Å². The van der Waals surface area contributed by atoms with Crippen molar-refractivity contribution in [2.75, 3.05) is 5.32 Å². The van der Waals surface area contributed by atoms with Crippen LogP contribution in [-0.2, 0) is 4.79 Å². The van der Waals surface area contributed by atoms with Gasteiger partial charge in [-0.3, -0.25) is 14.9 Å². The average molecular weight is 250 g/mol. The molecule has 0 spiro atoms. The van der Waals surface area contributed by atoms with Crippen molar-refractivity contribution in [3.05, 3.63) is 28.4 Å². The Morgan fingerprint density at radius 2 is 2.20 bits per heavy atom. The van der Waals surface area contributed by atoms with Gasteiger partial charge in [-0.15, -0.1) is 0 Å². The summed E-state index contributed by atoms with van der Waals surface area (Å²) in [5.74, 6) is -0.489. The van der Waals surface area contributed by atoms with Gasteiger partial charge in [-0.25, -0.2) is 4.98 Å². The molecule has 15 heavy (non-hydrogen) atoms. The van der Waals surface area contributed by atoms with Crippen LogP contribution in [0.3, 0.4) is 0 Å². The van der Waals surface area contributed by atoms with Crippen molar-refractivity contribution < 1.29 is 9.72 Å². The van der Waals surface area contributed by atoms with E-state index in [4.69, 9.17) is 23.2 Å². The van der Waals surface area contributed by atoms with E-state index >= 15 is 0 Å². The second-order valence-corrected chi connectivity index (χ2v) is 3.54. The van der Waals surface area contributed by atoms with Gasteiger partial charge in [0.05, 0.1) is 4.92 Å². The number of alkyl halides is 2. The summed E-state index contributed by atoms with van der Waals surface area (Å²) in [6.07, 6.45) is 1.02. The summed E-state index contributed by atoms with van der Waals surface area (Å²) in [7, 11) is 0. The van der Waals surface area contributed by atoms with E-state index in [0.29, 0.717) is 0 Å². The van der Waals surface area contributed by atoms with E-state index in [1.54, 1.807) is 0 Å². The molecule has 0 saturated heterocycles. The Morgan fingerprint density at radius 3 is 2.60 bits per heavy atom. The molecule has 80 valence electrons. The molecule has 0 aliphatic rings. The number of rotatable bonds is 3. The highest BCUT2D eigenvalue weighted by molar-refractivity contribution is 6.54. The summed E-state index contributed by atoms with van der Waals surface area (Å²) in [6.45, 7) is 0. The molecule has 1 heterocycles. The average Bonchev–Trinajstić information content (AvgIpc) is 2.18. The largest absolute Gasteiger partial charge is 0.308 e. The smallest absolute Gasteiger partial charge is 0.287 e. The van der Waals surface area contributed by atoms with Crippen LogP contribution in [0.2, 0.25) is 0 Å². The second kappa shape index (κ2) is 4.90. The Kier molecular flexibility index (Phi) is 3.81. The first-order valence-corrected chi connectivity index (χ1v) is 4.57. The highest BCUT2D eigenvalue weighted by Gasteiger charge is 2.12. The van der Waals surface area contributed by atoms with Gasteiger partial charge in [0.1, 0.15) is 12.0 Å². The number of hydrogen-bond acceptors (Lipinski definition) is 4. The molecule has 0 unspecified atom stereocenters. The van der Waals surface area contributed by atoms with Gasteiger partial charge in [0, 0.05) is 6.07 Å². The normalized spacial score (nSPS) is 10.1. The Hall–Kier alpha value is -1.40. The number of carbonyl (C=O) groups is 1. The molecule has 1 aromatic heterocycles. The van der Waals surface area contributed by atoms with E-state index < -0.39 is 15.7 Å². The number of amides is 1. The maximum atomic E-state index is 11.0. The lowest BCUT2D eigenvalue weighted by atomic mass is 10.4. The summed E-state index contributed by atoms with van der Waals surface area (Å²) in [5, 5.41) is 12.5. The van der Waals surface area contributed by atoms with Gasteiger partial charge in [-0.05, 0) is 6.07 Å². The minimum absolute atomic E-state index is 0.150. The Labute approximate surface area is 94.4 Å². The van der Waals surface area contributed by atoms with E-state index in [0.717, 1.165) is 6.20 Å². The molecule has 1 amide bonds. The van der Waals surface area contributed by atoms with Crippen molar-refractivity contribution in [2.45, 2.75) is 4.84 Å². The van der Waals surface area contributed by atoms with Crippen LogP contribution in [-0.4, -0.2) is 20.7 Å². The third kappa shape index (κ3) is 3.34. The fourth-order valence-corrected chi connectivity index (χ4v) is 0.858. The fourth-order valence-electron chi connectivity index (χ4n) is 0.749. The lowest BCUT2D eigenvalue weighted by Crippen LogP contribution is -2.19. The van der Waals surface area contributed by atoms with Crippen LogP contribution >= 0.6 is 23.2 Å². The number of nitrogens with zero attached hydrogens (tertiary/aromatic N) is 2. The molecule has 8 heteroatoms. The molecule has 0 aliphatic heterocycles. The van der Waals surface area contributed by atoms with Crippen molar-refractivity contribution in [3.8, 4) is 0 Å². The molecular formula is C7H5Cl2N3O3. The number of aromatic nitrogens is 1. The van der Waals surface area contributed by atoms with Gasteiger partial charge < -0.3 is 5.32 Å².